The molecule has 0 aromatic carbocycles. The molecule has 0 aromatic rings. The zero-order valence-electron chi connectivity index (χ0n) is 13.1. The van der Waals surface area contributed by atoms with Gasteiger partial charge >= 0.3 is 0 Å². The van der Waals surface area contributed by atoms with E-state index in [1.54, 1.807) is 0 Å². The van der Waals surface area contributed by atoms with E-state index < -0.39 is 0 Å². The second kappa shape index (κ2) is 5.06. The van der Waals surface area contributed by atoms with Gasteiger partial charge in [-0.25, -0.2) is 0 Å². The molecular formula is C18H32O. The van der Waals surface area contributed by atoms with E-state index in [0.29, 0.717) is 11.8 Å². The van der Waals surface area contributed by atoms with Gasteiger partial charge < -0.3 is 5.11 Å². The SMILES string of the molecule is CC1CCC(C(C)C)C(O)(CC2CC3CCC2C3)C1. The summed E-state index contributed by atoms with van der Waals surface area (Å²) in [6.07, 6.45) is 10.6. The van der Waals surface area contributed by atoms with E-state index in [1.807, 2.05) is 0 Å². The molecule has 3 saturated carbocycles. The minimum absolute atomic E-state index is 0.346. The average molecular weight is 264 g/mol. The molecule has 3 aliphatic rings. The largest absolute Gasteiger partial charge is 0.390 e. The van der Waals surface area contributed by atoms with Gasteiger partial charge in [-0.15, -0.1) is 0 Å². The minimum atomic E-state index is -0.346. The minimum Gasteiger partial charge on any atom is -0.390 e. The summed E-state index contributed by atoms with van der Waals surface area (Å²) in [7, 11) is 0. The smallest absolute Gasteiger partial charge is 0.0683 e. The average Bonchev–Trinajstić information content (AvgIpc) is 2.89. The highest BCUT2D eigenvalue weighted by Gasteiger charge is 2.48. The van der Waals surface area contributed by atoms with E-state index in [4.69, 9.17) is 0 Å². The first-order chi connectivity index (χ1) is 8.98. The molecule has 0 saturated heterocycles. The first kappa shape index (κ1) is 13.9. The molecule has 2 bridgehead atoms. The van der Waals surface area contributed by atoms with Crippen molar-refractivity contribution in [2.45, 2.75) is 77.7 Å². The van der Waals surface area contributed by atoms with Crippen LogP contribution in [0.25, 0.3) is 0 Å². The van der Waals surface area contributed by atoms with Crippen LogP contribution in [0.2, 0.25) is 0 Å². The Balaban J connectivity index is 1.71. The maximum Gasteiger partial charge on any atom is 0.0683 e. The summed E-state index contributed by atoms with van der Waals surface area (Å²) in [5.74, 6) is 4.71. The molecule has 0 amide bonds. The van der Waals surface area contributed by atoms with Crippen molar-refractivity contribution in [2.75, 3.05) is 0 Å². The maximum atomic E-state index is 11.4. The number of fused-ring (bicyclic) bond motifs is 2. The van der Waals surface area contributed by atoms with Crippen molar-refractivity contribution < 1.29 is 5.11 Å². The van der Waals surface area contributed by atoms with Crippen molar-refractivity contribution in [1.82, 2.24) is 0 Å². The molecule has 3 aliphatic carbocycles. The van der Waals surface area contributed by atoms with Crippen LogP contribution in [0.1, 0.15) is 72.1 Å². The summed E-state index contributed by atoms with van der Waals surface area (Å²) in [6.45, 7) is 6.96. The van der Waals surface area contributed by atoms with E-state index in [1.165, 1.54) is 38.5 Å². The summed E-state index contributed by atoms with van der Waals surface area (Å²) in [6, 6.07) is 0. The lowest BCUT2D eigenvalue weighted by atomic mass is 9.63. The molecule has 6 unspecified atom stereocenters. The molecule has 0 aliphatic heterocycles. The van der Waals surface area contributed by atoms with Crippen molar-refractivity contribution >= 4 is 0 Å². The van der Waals surface area contributed by atoms with Crippen LogP contribution >= 0.6 is 0 Å². The van der Waals surface area contributed by atoms with Crippen molar-refractivity contribution in [3.8, 4) is 0 Å². The molecule has 1 N–H and O–H groups in total. The second-order valence-electron chi connectivity index (χ2n) is 8.48. The van der Waals surface area contributed by atoms with Crippen LogP contribution in [0.3, 0.4) is 0 Å². The third-order valence-corrected chi connectivity index (χ3v) is 6.67. The fourth-order valence-corrected chi connectivity index (χ4v) is 5.86. The van der Waals surface area contributed by atoms with Crippen LogP contribution < -0.4 is 0 Å². The van der Waals surface area contributed by atoms with E-state index in [0.717, 1.165) is 36.5 Å². The third kappa shape index (κ3) is 2.60. The molecule has 0 radical (unpaired) electrons. The fourth-order valence-electron chi connectivity index (χ4n) is 5.86. The molecule has 3 rings (SSSR count). The number of hydrogen-bond acceptors (Lipinski definition) is 1. The zero-order chi connectivity index (χ0) is 13.6. The summed E-state index contributed by atoms with van der Waals surface area (Å²) >= 11 is 0. The van der Waals surface area contributed by atoms with Crippen molar-refractivity contribution in [1.29, 1.82) is 0 Å². The van der Waals surface area contributed by atoms with E-state index in [-0.39, 0.29) is 5.60 Å². The third-order valence-electron chi connectivity index (χ3n) is 6.67. The van der Waals surface area contributed by atoms with Gasteiger partial charge in [-0.2, -0.15) is 0 Å². The summed E-state index contributed by atoms with van der Waals surface area (Å²) in [5, 5.41) is 11.4. The van der Waals surface area contributed by atoms with Crippen LogP contribution in [-0.2, 0) is 0 Å². The Morgan fingerprint density at radius 3 is 2.47 bits per heavy atom. The predicted molar refractivity (Wildman–Crippen MR) is 79.8 cm³/mol. The lowest BCUT2D eigenvalue weighted by Gasteiger charge is -2.47. The molecule has 3 fully saturated rings. The Hall–Kier alpha value is -0.0400. The predicted octanol–water partition coefficient (Wildman–Crippen LogP) is 4.64. The Labute approximate surface area is 119 Å². The topological polar surface area (TPSA) is 20.2 Å². The molecular weight excluding hydrogens is 232 g/mol. The normalized spacial score (nSPS) is 50.1. The van der Waals surface area contributed by atoms with Gasteiger partial charge in [-0.1, -0.05) is 33.6 Å². The van der Waals surface area contributed by atoms with Gasteiger partial charge in [0.2, 0.25) is 0 Å². The van der Waals surface area contributed by atoms with E-state index in [9.17, 15) is 5.11 Å². The molecule has 1 heteroatoms. The highest BCUT2D eigenvalue weighted by Crippen LogP contribution is 2.54. The highest BCUT2D eigenvalue weighted by atomic mass is 16.3. The molecule has 110 valence electrons. The quantitative estimate of drug-likeness (QED) is 0.787. The van der Waals surface area contributed by atoms with Gasteiger partial charge in [0, 0.05) is 0 Å². The lowest BCUT2D eigenvalue weighted by Crippen LogP contribution is -2.47. The standard InChI is InChI=1S/C18H32O/c1-12(2)17-7-4-13(3)10-18(17,19)11-16-9-14-5-6-15(16)8-14/h12-17,19H,4-11H2,1-3H3. The molecule has 0 spiro atoms. The summed E-state index contributed by atoms with van der Waals surface area (Å²) in [4.78, 5) is 0. The van der Waals surface area contributed by atoms with Crippen LogP contribution in [0, 0.1) is 35.5 Å². The van der Waals surface area contributed by atoms with Crippen molar-refractivity contribution in [3.63, 3.8) is 0 Å². The number of aliphatic hydroxyl groups is 1. The molecule has 1 nitrogen and oxygen atoms in total. The molecule has 0 aromatic heterocycles. The van der Waals surface area contributed by atoms with Gasteiger partial charge in [0.15, 0.2) is 0 Å². The van der Waals surface area contributed by atoms with Gasteiger partial charge in [-0.3, -0.25) is 0 Å². The zero-order valence-corrected chi connectivity index (χ0v) is 13.1. The Bertz CT molecular complexity index is 324. The molecule has 19 heavy (non-hydrogen) atoms. The number of rotatable bonds is 3. The Kier molecular flexibility index (Phi) is 3.71. The van der Waals surface area contributed by atoms with E-state index in [2.05, 4.69) is 20.8 Å². The van der Waals surface area contributed by atoms with Crippen LogP contribution in [0.15, 0.2) is 0 Å². The second-order valence-corrected chi connectivity index (χ2v) is 8.48. The Morgan fingerprint density at radius 2 is 1.89 bits per heavy atom. The first-order valence-corrected chi connectivity index (χ1v) is 8.70. The van der Waals surface area contributed by atoms with Gasteiger partial charge in [0.25, 0.3) is 0 Å². The molecule has 0 heterocycles. The van der Waals surface area contributed by atoms with Crippen LogP contribution in [0.4, 0.5) is 0 Å². The van der Waals surface area contributed by atoms with Gasteiger partial charge in [0.1, 0.15) is 0 Å². The van der Waals surface area contributed by atoms with Gasteiger partial charge in [0.05, 0.1) is 5.60 Å². The van der Waals surface area contributed by atoms with Crippen molar-refractivity contribution in [3.05, 3.63) is 0 Å². The number of hydrogen-bond donors (Lipinski definition) is 1. The Morgan fingerprint density at radius 1 is 1.11 bits per heavy atom. The fraction of sp³-hybridized carbons (Fsp3) is 1.00. The van der Waals surface area contributed by atoms with Crippen LogP contribution in [-0.4, -0.2) is 10.7 Å². The maximum absolute atomic E-state index is 11.4. The van der Waals surface area contributed by atoms with Crippen LogP contribution in [0.5, 0.6) is 0 Å². The lowest BCUT2D eigenvalue weighted by molar-refractivity contribution is -0.0992. The monoisotopic (exact) mass is 264 g/mol. The first-order valence-electron chi connectivity index (χ1n) is 8.70. The molecule has 6 atom stereocenters. The van der Waals surface area contributed by atoms with Crippen molar-refractivity contribution in [2.24, 2.45) is 35.5 Å². The van der Waals surface area contributed by atoms with Gasteiger partial charge in [-0.05, 0) is 74.0 Å². The summed E-state index contributed by atoms with van der Waals surface area (Å²) < 4.78 is 0. The highest BCUT2D eigenvalue weighted by molar-refractivity contribution is 4.99. The van der Waals surface area contributed by atoms with E-state index >= 15 is 0 Å². The summed E-state index contributed by atoms with van der Waals surface area (Å²) in [5.41, 5.74) is -0.346.